The Morgan fingerprint density at radius 1 is 0.737 bits per heavy atom. The van der Waals surface area contributed by atoms with E-state index in [0.29, 0.717) is 6.79 Å². The lowest BCUT2D eigenvalue weighted by Crippen LogP contribution is -2.21. The van der Waals surface area contributed by atoms with Gasteiger partial charge >= 0.3 is 9.28 Å². The largest absolute Gasteiger partial charge is 0.400 e. The Kier molecular flexibility index (Phi) is 27.6. The minimum Gasteiger partial charge on any atom is -0.400 e. The van der Waals surface area contributed by atoms with Gasteiger partial charge in [0.1, 0.15) is 6.79 Å². The summed E-state index contributed by atoms with van der Waals surface area (Å²) < 4.78 is 15.5. The molecule has 0 spiro atoms. The molecule has 0 bridgehead atoms. The Balaban J connectivity index is -0.000000112. The number of hydrogen-bond donors (Lipinski definition) is 0. The quantitative estimate of drug-likeness (QED) is 0.524. The van der Waals surface area contributed by atoms with Crippen molar-refractivity contribution in [2.24, 2.45) is 0 Å². The van der Waals surface area contributed by atoms with Crippen LogP contribution in [0.15, 0.2) is 0 Å². The zero-order chi connectivity index (χ0) is 13.8. The van der Waals surface area contributed by atoms with E-state index in [9.17, 15) is 0 Å². The third kappa shape index (κ3) is 32.4. The predicted molar refractivity (Wildman–Crippen MR) is 102 cm³/mol. The molecule has 0 saturated carbocycles. The van der Waals surface area contributed by atoms with Crippen LogP contribution in [0.1, 0.15) is 14.9 Å². The first kappa shape index (κ1) is 28.0. The van der Waals surface area contributed by atoms with Gasteiger partial charge in [-0.25, -0.2) is 0 Å². The smallest absolute Gasteiger partial charge is 0.319 e. The van der Waals surface area contributed by atoms with Crippen LogP contribution in [0.5, 0.6) is 0 Å². The molecular formula is C12H40O3Si4. The van der Waals surface area contributed by atoms with Crippen molar-refractivity contribution in [3.05, 3.63) is 0 Å². The Morgan fingerprint density at radius 3 is 1.37 bits per heavy atom. The molecule has 0 amide bonds. The summed E-state index contributed by atoms with van der Waals surface area (Å²) in [5.41, 5.74) is 1.64. The molecule has 0 heterocycles. The highest BCUT2D eigenvalue weighted by atomic mass is 28.3. The van der Waals surface area contributed by atoms with Crippen LogP contribution < -0.4 is 0 Å². The summed E-state index contributed by atoms with van der Waals surface area (Å²) >= 11 is 0. The van der Waals surface area contributed by atoms with Crippen LogP contribution in [0.3, 0.4) is 0 Å². The molecule has 0 aliphatic carbocycles. The molecule has 7 heteroatoms. The highest BCUT2D eigenvalue weighted by Gasteiger charge is 2.02. The fourth-order valence-electron chi connectivity index (χ4n) is 1.28. The van der Waals surface area contributed by atoms with Crippen molar-refractivity contribution >= 4 is 35.9 Å². The molecule has 0 aromatic carbocycles. The summed E-state index contributed by atoms with van der Waals surface area (Å²) in [6.45, 7) is 16.4. The van der Waals surface area contributed by atoms with Crippen molar-refractivity contribution in [3.63, 3.8) is 0 Å². The van der Waals surface area contributed by atoms with Gasteiger partial charge in [0.2, 0.25) is 0 Å². The number of rotatable bonds is 7. The first-order chi connectivity index (χ1) is 7.79. The summed E-state index contributed by atoms with van der Waals surface area (Å²) in [4.78, 5) is 0. The molecule has 0 aromatic heterocycles. The second kappa shape index (κ2) is 18.7. The van der Waals surface area contributed by atoms with Gasteiger partial charge in [-0.15, -0.1) is 0 Å². The van der Waals surface area contributed by atoms with Crippen LogP contribution in [0, 0.1) is 0 Å². The topological polar surface area (TPSA) is 27.7 Å². The predicted octanol–water partition coefficient (Wildman–Crippen LogP) is 3.23. The fraction of sp³-hybridized carbons (Fsp3) is 1.00. The second-order valence-electron chi connectivity index (χ2n) is 5.33. The third-order valence-corrected chi connectivity index (χ3v) is 11.6. The fourth-order valence-corrected chi connectivity index (χ4v) is 9.74. The van der Waals surface area contributed by atoms with E-state index >= 15 is 0 Å². The van der Waals surface area contributed by atoms with E-state index in [-0.39, 0.29) is 32.4 Å². The van der Waals surface area contributed by atoms with Crippen molar-refractivity contribution in [2.75, 3.05) is 13.9 Å². The summed E-state index contributed by atoms with van der Waals surface area (Å²) in [7, 11) is -0.905. The molecule has 0 aliphatic rings. The molecule has 3 nitrogen and oxygen atoms in total. The molecule has 0 radical (unpaired) electrons. The lowest BCUT2D eigenvalue weighted by molar-refractivity contribution is 0.0937. The van der Waals surface area contributed by atoms with Crippen molar-refractivity contribution in [1.82, 2.24) is 0 Å². The molecule has 1 atom stereocenters. The summed E-state index contributed by atoms with van der Waals surface area (Å²) in [5.74, 6) is 0. The van der Waals surface area contributed by atoms with Gasteiger partial charge in [0.05, 0.1) is 0 Å². The number of hydrogen-bond acceptors (Lipinski definition) is 3. The van der Waals surface area contributed by atoms with Crippen LogP contribution in [-0.4, -0.2) is 49.8 Å². The Hall–Kier alpha value is 0.748. The van der Waals surface area contributed by atoms with Crippen LogP contribution in [0.4, 0.5) is 0 Å². The van der Waals surface area contributed by atoms with Crippen molar-refractivity contribution in [1.29, 1.82) is 0 Å². The first-order valence-electron chi connectivity index (χ1n) is 6.55. The first-order valence-corrected chi connectivity index (χ1v) is 17.7. The maximum Gasteiger partial charge on any atom is 0.319 e. The van der Waals surface area contributed by atoms with E-state index in [2.05, 4.69) is 39.3 Å². The minimum absolute atomic E-state index is 0. The standard InChI is InChI=1S/C5H16O3Si2.C5H16Si2.2CH4/c1-6-10(4)8-5-7-9(2)3;1-6(2)5-7(3)4;;/h9-10H,5H2,1-4H3;6-7H,5H2,1-4H3;2*1H4. The highest BCUT2D eigenvalue weighted by molar-refractivity contribution is 6.74. The van der Waals surface area contributed by atoms with E-state index in [1.165, 1.54) is 0 Å². The van der Waals surface area contributed by atoms with Gasteiger partial charge < -0.3 is 13.3 Å². The van der Waals surface area contributed by atoms with Gasteiger partial charge in [-0.2, -0.15) is 0 Å². The van der Waals surface area contributed by atoms with Crippen LogP contribution in [-0.2, 0) is 13.3 Å². The molecule has 122 valence electrons. The molecule has 1 unspecified atom stereocenters. The molecule has 0 saturated heterocycles. The normalized spacial score (nSPS) is 11.5. The van der Waals surface area contributed by atoms with Gasteiger partial charge in [-0.3, -0.25) is 0 Å². The molecule has 19 heavy (non-hydrogen) atoms. The molecule has 0 rings (SSSR count). The van der Waals surface area contributed by atoms with E-state index in [0.717, 1.165) is 0 Å². The van der Waals surface area contributed by atoms with Crippen LogP contribution in [0.2, 0.25) is 51.5 Å². The molecular weight excluding hydrogens is 304 g/mol. The second-order valence-corrected chi connectivity index (χ2v) is 17.2. The van der Waals surface area contributed by atoms with Gasteiger partial charge in [0.15, 0.2) is 9.04 Å². The lowest BCUT2D eigenvalue weighted by Gasteiger charge is -2.11. The monoisotopic (exact) mass is 344 g/mol. The van der Waals surface area contributed by atoms with Crippen molar-refractivity contribution in [2.45, 2.75) is 66.3 Å². The Bertz CT molecular complexity index is 152. The third-order valence-electron chi connectivity index (χ3n) is 1.98. The van der Waals surface area contributed by atoms with Crippen LogP contribution >= 0.6 is 0 Å². The maximum atomic E-state index is 5.29. The lowest BCUT2D eigenvalue weighted by atomic mass is 11.6. The van der Waals surface area contributed by atoms with E-state index in [4.69, 9.17) is 13.3 Å². The van der Waals surface area contributed by atoms with Gasteiger partial charge in [0.25, 0.3) is 0 Å². The van der Waals surface area contributed by atoms with Crippen molar-refractivity contribution in [3.8, 4) is 0 Å². The zero-order valence-corrected chi connectivity index (χ0v) is 17.6. The molecule has 0 aliphatic heterocycles. The van der Waals surface area contributed by atoms with Crippen LogP contribution in [0.25, 0.3) is 0 Å². The Labute approximate surface area is 129 Å². The van der Waals surface area contributed by atoms with Gasteiger partial charge in [-0.1, -0.05) is 46.7 Å². The molecule has 0 N–H and O–H groups in total. The van der Waals surface area contributed by atoms with Gasteiger partial charge in [0, 0.05) is 24.7 Å². The minimum atomic E-state index is -1.34. The maximum absolute atomic E-state index is 5.29. The summed E-state index contributed by atoms with van der Waals surface area (Å²) in [6.07, 6.45) is 0. The van der Waals surface area contributed by atoms with E-state index in [1.54, 1.807) is 12.8 Å². The van der Waals surface area contributed by atoms with Crippen molar-refractivity contribution < 1.29 is 13.3 Å². The zero-order valence-electron chi connectivity index (χ0n) is 12.9. The van der Waals surface area contributed by atoms with E-state index < -0.39 is 18.3 Å². The average molecular weight is 345 g/mol. The molecule has 0 fully saturated rings. The van der Waals surface area contributed by atoms with Gasteiger partial charge in [-0.05, 0) is 19.6 Å². The average Bonchev–Trinajstić information content (AvgIpc) is 2.15. The SMILES string of the molecule is C.C.CO[SiH](C)OCO[SiH](C)C.C[SiH](C)C[SiH](C)C. The molecule has 0 aromatic rings. The Morgan fingerprint density at radius 2 is 1.16 bits per heavy atom. The summed E-state index contributed by atoms with van der Waals surface area (Å²) in [6, 6.07) is 0. The summed E-state index contributed by atoms with van der Waals surface area (Å²) in [5, 5.41) is 0. The highest BCUT2D eigenvalue weighted by Crippen LogP contribution is 1.94. The van der Waals surface area contributed by atoms with E-state index in [1.807, 2.05) is 6.55 Å².